The lowest BCUT2D eigenvalue weighted by molar-refractivity contribution is 0.667. The molecule has 0 aliphatic rings. The van der Waals surface area contributed by atoms with E-state index in [1.807, 2.05) is 0 Å². The number of hydrogen-bond donors (Lipinski definition) is 0. The molecule has 0 saturated heterocycles. The molecule has 0 amide bonds. The number of fused-ring (bicyclic) bond motifs is 10. The maximum Gasteiger partial charge on any atom is 0.162 e. The van der Waals surface area contributed by atoms with Gasteiger partial charge in [-0.1, -0.05) is 176 Å². The fourth-order valence-corrected chi connectivity index (χ4v) is 11.5. The average Bonchev–Trinajstić information content (AvgIpc) is 4.13. The minimum atomic E-state index is 0.751. The first-order valence-corrected chi connectivity index (χ1v) is 25.0. The van der Waals surface area contributed by atoms with Crippen molar-refractivity contribution in [2.24, 2.45) is 0 Å². The summed E-state index contributed by atoms with van der Waals surface area (Å²) in [5.41, 5.74) is 19.7. The first kappa shape index (κ1) is 42.5. The third kappa shape index (κ3) is 6.62. The third-order valence-corrected chi connectivity index (χ3v) is 14.8. The van der Waals surface area contributed by atoms with Crippen LogP contribution < -0.4 is 9.80 Å². The lowest BCUT2D eigenvalue weighted by Crippen LogP contribution is -2.14. The fraction of sp³-hybridized carbons (Fsp3) is 0.0588. The molecule has 3 heterocycles. The van der Waals surface area contributed by atoms with Crippen molar-refractivity contribution in [3.63, 3.8) is 0 Å². The molecule has 5 heteroatoms. The fourth-order valence-electron chi connectivity index (χ4n) is 11.5. The lowest BCUT2D eigenvalue weighted by Gasteiger charge is -2.31. The minimum Gasteiger partial charge on any atom is -0.454 e. The van der Waals surface area contributed by atoms with E-state index in [1.165, 1.54) is 11.1 Å². The van der Waals surface area contributed by atoms with Crippen LogP contribution in [0.15, 0.2) is 232 Å². The van der Waals surface area contributed by atoms with Crippen LogP contribution in [0, 0.1) is 27.7 Å². The molecule has 0 bridgehead atoms. The topological polar surface area (TPSA) is 45.9 Å². The first-order chi connectivity index (χ1) is 35.9. The SMILES string of the molecule is Cc1cccc(N(c2cccc3c2oc2c(-c4ccccc4C)cccc23)c2c3ccccc3c(N(c3cccc(C)c3)c3cccc4c3oc3c(-c5ccccc5C)cccc34)c3c2oc2ccccc23)c1. The van der Waals surface area contributed by atoms with Crippen LogP contribution in [-0.2, 0) is 0 Å². The molecule has 0 fully saturated rings. The summed E-state index contributed by atoms with van der Waals surface area (Å²) < 4.78 is 21.9. The van der Waals surface area contributed by atoms with E-state index in [9.17, 15) is 0 Å². The predicted molar refractivity (Wildman–Crippen MR) is 305 cm³/mol. The second-order valence-corrected chi connectivity index (χ2v) is 19.4. The van der Waals surface area contributed by atoms with E-state index >= 15 is 0 Å². The second-order valence-electron chi connectivity index (χ2n) is 19.4. The van der Waals surface area contributed by atoms with Crippen molar-refractivity contribution in [1.82, 2.24) is 0 Å². The summed E-state index contributed by atoms with van der Waals surface area (Å²) in [5, 5.41) is 8.26. The van der Waals surface area contributed by atoms with Crippen LogP contribution in [0.25, 0.3) is 98.8 Å². The maximum atomic E-state index is 7.38. The molecule has 11 aromatic carbocycles. The van der Waals surface area contributed by atoms with Gasteiger partial charge in [-0.3, -0.25) is 0 Å². The molecule has 14 rings (SSSR count). The van der Waals surface area contributed by atoms with Gasteiger partial charge in [-0.2, -0.15) is 0 Å². The van der Waals surface area contributed by atoms with Gasteiger partial charge in [0, 0.05) is 60.2 Å². The van der Waals surface area contributed by atoms with Crippen LogP contribution in [0.2, 0.25) is 0 Å². The Morgan fingerprint density at radius 1 is 0.288 bits per heavy atom. The van der Waals surface area contributed by atoms with Crippen LogP contribution in [0.3, 0.4) is 0 Å². The molecule has 0 radical (unpaired) electrons. The standard InChI is InChI=1S/C68H48N2O3/c1-41-19-13-23-45(39-41)69(58-36-17-34-55-53-32-15-30-51(64(53)72-66(55)58)47-25-7-5-21-43(47)3)62-49-27-9-10-28-50(49)63(68-61(62)57-29-11-12-38-60(57)71-68)70(46-24-14-20-42(2)40-46)59-37-18-35-56-54-33-16-31-52(65(54)73-67(56)59)48-26-8-6-22-44(48)4/h5-40H,1-4H3. The number of rotatable bonds is 8. The maximum absolute atomic E-state index is 7.38. The monoisotopic (exact) mass is 940 g/mol. The Morgan fingerprint density at radius 2 is 0.685 bits per heavy atom. The summed E-state index contributed by atoms with van der Waals surface area (Å²) in [5.74, 6) is 0. The number of furan rings is 3. The van der Waals surface area contributed by atoms with Gasteiger partial charge in [0.15, 0.2) is 16.7 Å². The Bertz CT molecular complexity index is 4530. The molecule has 14 aromatic rings. The van der Waals surface area contributed by atoms with Gasteiger partial charge in [-0.25, -0.2) is 0 Å². The predicted octanol–water partition coefficient (Wildman–Crippen LogP) is 20.0. The number of nitrogens with zero attached hydrogens (tertiary/aromatic N) is 2. The Hall–Kier alpha value is -9.32. The van der Waals surface area contributed by atoms with E-state index in [0.717, 1.165) is 144 Å². The van der Waals surface area contributed by atoms with Gasteiger partial charge in [0.1, 0.15) is 16.7 Å². The highest BCUT2D eigenvalue weighted by Gasteiger charge is 2.32. The number of hydrogen-bond acceptors (Lipinski definition) is 5. The van der Waals surface area contributed by atoms with Gasteiger partial charge < -0.3 is 23.1 Å². The van der Waals surface area contributed by atoms with Gasteiger partial charge in [0.2, 0.25) is 0 Å². The average molecular weight is 941 g/mol. The van der Waals surface area contributed by atoms with Crippen molar-refractivity contribution in [2.45, 2.75) is 27.7 Å². The zero-order valence-electron chi connectivity index (χ0n) is 40.9. The third-order valence-electron chi connectivity index (χ3n) is 14.8. The van der Waals surface area contributed by atoms with Gasteiger partial charge in [0.05, 0.1) is 28.1 Å². The van der Waals surface area contributed by atoms with E-state index in [2.05, 4.69) is 256 Å². The zero-order chi connectivity index (χ0) is 48.9. The number of benzene rings is 11. The molecular formula is C68H48N2O3. The van der Waals surface area contributed by atoms with Gasteiger partial charge in [0.25, 0.3) is 0 Å². The lowest BCUT2D eigenvalue weighted by atomic mass is 9.97. The molecule has 0 aliphatic carbocycles. The molecule has 3 aromatic heterocycles. The number of aryl methyl sites for hydroxylation is 4. The summed E-state index contributed by atoms with van der Waals surface area (Å²) in [6.07, 6.45) is 0. The second kappa shape index (κ2) is 16.6. The summed E-state index contributed by atoms with van der Waals surface area (Å²) in [7, 11) is 0. The van der Waals surface area contributed by atoms with Crippen molar-refractivity contribution in [3.05, 3.63) is 241 Å². The quantitative estimate of drug-likeness (QED) is 0.142. The van der Waals surface area contributed by atoms with Crippen molar-refractivity contribution < 1.29 is 13.3 Å². The summed E-state index contributed by atoms with van der Waals surface area (Å²) in [6, 6.07) is 77.9. The molecule has 5 nitrogen and oxygen atoms in total. The van der Waals surface area contributed by atoms with Crippen LogP contribution in [0.4, 0.5) is 34.1 Å². The van der Waals surface area contributed by atoms with Crippen molar-refractivity contribution in [2.75, 3.05) is 9.80 Å². The van der Waals surface area contributed by atoms with Gasteiger partial charge in [-0.05, 0) is 104 Å². The molecule has 348 valence electrons. The largest absolute Gasteiger partial charge is 0.454 e. The van der Waals surface area contributed by atoms with Gasteiger partial charge >= 0.3 is 0 Å². The summed E-state index contributed by atoms with van der Waals surface area (Å²) >= 11 is 0. The van der Waals surface area contributed by atoms with E-state index in [0.29, 0.717) is 0 Å². The molecule has 0 atom stereocenters. The summed E-state index contributed by atoms with van der Waals surface area (Å²) in [4.78, 5) is 4.78. The highest BCUT2D eigenvalue weighted by Crippen LogP contribution is 2.56. The van der Waals surface area contributed by atoms with Crippen LogP contribution >= 0.6 is 0 Å². The highest BCUT2D eigenvalue weighted by atomic mass is 16.3. The normalized spacial score (nSPS) is 11.8. The Kier molecular flexibility index (Phi) is 9.70. The molecule has 0 N–H and O–H groups in total. The smallest absolute Gasteiger partial charge is 0.162 e. The van der Waals surface area contributed by atoms with E-state index in [-0.39, 0.29) is 0 Å². The minimum absolute atomic E-state index is 0.751. The molecular weight excluding hydrogens is 893 g/mol. The van der Waals surface area contributed by atoms with Crippen molar-refractivity contribution in [3.8, 4) is 22.3 Å². The van der Waals surface area contributed by atoms with Gasteiger partial charge in [-0.15, -0.1) is 0 Å². The molecule has 0 unspecified atom stereocenters. The molecule has 0 aliphatic heterocycles. The van der Waals surface area contributed by atoms with Crippen molar-refractivity contribution >= 4 is 111 Å². The van der Waals surface area contributed by atoms with Crippen LogP contribution in [-0.4, -0.2) is 0 Å². The molecule has 0 saturated carbocycles. The van der Waals surface area contributed by atoms with E-state index in [4.69, 9.17) is 13.3 Å². The van der Waals surface area contributed by atoms with Crippen molar-refractivity contribution in [1.29, 1.82) is 0 Å². The first-order valence-electron chi connectivity index (χ1n) is 25.0. The van der Waals surface area contributed by atoms with Crippen LogP contribution in [0.5, 0.6) is 0 Å². The number of anilines is 6. The van der Waals surface area contributed by atoms with E-state index in [1.54, 1.807) is 0 Å². The van der Waals surface area contributed by atoms with E-state index < -0.39 is 0 Å². The Labute approximate surface area is 422 Å². The highest BCUT2D eigenvalue weighted by molar-refractivity contribution is 6.29. The summed E-state index contributed by atoms with van der Waals surface area (Å²) in [6.45, 7) is 8.63. The molecule has 73 heavy (non-hydrogen) atoms. The number of para-hydroxylation sites is 5. The van der Waals surface area contributed by atoms with Crippen LogP contribution in [0.1, 0.15) is 22.3 Å². The zero-order valence-corrected chi connectivity index (χ0v) is 40.9. The molecule has 0 spiro atoms. The Balaban J connectivity index is 1.11. The Morgan fingerprint density at radius 3 is 1.21 bits per heavy atom.